The Kier molecular flexibility index (Phi) is 5.63. The third kappa shape index (κ3) is 4.66. The van der Waals surface area contributed by atoms with E-state index >= 15 is 0 Å². The smallest absolute Gasteiger partial charge is 0.321 e. The van der Waals surface area contributed by atoms with Gasteiger partial charge in [-0.25, -0.2) is 9.97 Å². The van der Waals surface area contributed by atoms with Crippen molar-refractivity contribution in [1.82, 2.24) is 24.7 Å². The predicted molar refractivity (Wildman–Crippen MR) is 96.7 cm³/mol. The Morgan fingerprint density at radius 2 is 2.07 bits per heavy atom. The number of hydrogen-bond donors (Lipinski definition) is 1. The van der Waals surface area contributed by atoms with E-state index in [0.29, 0.717) is 5.69 Å². The third-order valence-electron chi connectivity index (χ3n) is 3.71. The number of nitrogens with zero attached hydrogens (tertiary/aromatic N) is 5. The van der Waals surface area contributed by atoms with Gasteiger partial charge in [-0.3, -0.25) is 4.79 Å². The van der Waals surface area contributed by atoms with Crippen molar-refractivity contribution in [3.05, 3.63) is 59.9 Å². The number of hydrogen-bond acceptors (Lipinski definition) is 6. The molecule has 3 rings (SSSR count). The zero-order chi connectivity index (χ0) is 20.3. The Hall–Kier alpha value is -2.95. The fraction of sp³-hybridized carbons (Fsp3) is 0.235. The molecular weight excluding hydrogens is 393 g/mol. The summed E-state index contributed by atoms with van der Waals surface area (Å²) in [5.41, 5.74) is 0.985. The molecule has 0 aliphatic rings. The maximum atomic E-state index is 12.7. The van der Waals surface area contributed by atoms with Crippen LogP contribution in [-0.4, -0.2) is 30.6 Å². The van der Waals surface area contributed by atoms with Crippen molar-refractivity contribution in [2.24, 2.45) is 7.05 Å². The summed E-state index contributed by atoms with van der Waals surface area (Å²) < 4.78 is 39.9. The van der Waals surface area contributed by atoms with Crippen LogP contribution >= 0.6 is 11.8 Å². The van der Waals surface area contributed by atoms with Crippen molar-refractivity contribution in [1.29, 1.82) is 0 Å². The Bertz CT molecular complexity index is 991. The van der Waals surface area contributed by atoms with E-state index in [-0.39, 0.29) is 10.9 Å². The van der Waals surface area contributed by atoms with Crippen LogP contribution in [0.15, 0.2) is 48.0 Å². The maximum Gasteiger partial charge on any atom is 0.451 e. The van der Waals surface area contributed by atoms with Crippen LogP contribution in [0.5, 0.6) is 0 Å². The van der Waals surface area contributed by atoms with Crippen molar-refractivity contribution in [3.63, 3.8) is 0 Å². The molecule has 0 aliphatic carbocycles. The minimum absolute atomic E-state index is 0.00985. The van der Waals surface area contributed by atoms with Crippen LogP contribution < -0.4 is 5.32 Å². The lowest BCUT2D eigenvalue weighted by Gasteiger charge is -2.13. The minimum Gasteiger partial charge on any atom is -0.321 e. The number of aryl methyl sites for hydroxylation is 1. The largest absolute Gasteiger partial charge is 0.451 e. The molecule has 146 valence electrons. The quantitative estimate of drug-likeness (QED) is 0.648. The molecule has 0 fully saturated rings. The fourth-order valence-electron chi connectivity index (χ4n) is 2.29. The van der Waals surface area contributed by atoms with Gasteiger partial charge in [-0.15, -0.1) is 10.2 Å². The van der Waals surface area contributed by atoms with Crippen molar-refractivity contribution in [2.75, 3.05) is 5.32 Å². The Labute approximate surface area is 162 Å². The lowest BCUT2D eigenvalue weighted by atomic mass is 10.1. The number of nitrogens with one attached hydrogen (secondary N) is 1. The Morgan fingerprint density at radius 1 is 1.29 bits per heavy atom. The van der Waals surface area contributed by atoms with Crippen LogP contribution in [0.25, 0.3) is 0 Å². The van der Waals surface area contributed by atoms with Gasteiger partial charge >= 0.3 is 6.18 Å². The first kappa shape index (κ1) is 19.8. The van der Waals surface area contributed by atoms with Gasteiger partial charge in [-0.2, -0.15) is 13.2 Å². The standard InChI is InChI=1S/C17H15F3N6OS/c1-10(28-16-25-22-9-26(16)2)11-4-3-5-12(8-11)23-14(27)13-6-7-21-15(24-13)17(18,19)20/h3-10H,1-2H3,(H,23,27)/t10-/m0/s1. The molecule has 1 amide bonds. The van der Waals surface area contributed by atoms with Crippen LogP contribution in [-0.2, 0) is 13.2 Å². The van der Waals surface area contributed by atoms with E-state index in [9.17, 15) is 18.0 Å². The second-order valence-electron chi connectivity index (χ2n) is 5.83. The molecule has 3 aromatic rings. The number of halogens is 3. The van der Waals surface area contributed by atoms with Crippen LogP contribution in [0, 0.1) is 0 Å². The Balaban J connectivity index is 1.74. The van der Waals surface area contributed by atoms with Crippen molar-refractivity contribution in [3.8, 4) is 0 Å². The van der Waals surface area contributed by atoms with E-state index in [1.165, 1.54) is 11.8 Å². The van der Waals surface area contributed by atoms with Gasteiger partial charge in [0, 0.05) is 24.2 Å². The Morgan fingerprint density at radius 3 is 2.75 bits per heavy atom. The van der Waals surface area contributed by atoms with Crippen LogP contribution in [0.4, 0.5) is 18.9 Å². The first-order valence-electron chi connectivity index (χ1n) is 8.06. The summed E-state index contributed by atoms with van der Waals surface area (Å²) in [5, 5.41) is 11.2. The number of carbonyl (C=O) groups is 1. The van der Waals surface area contributed by atoms with E-state index in [1.54, 1.807) is 29.1 Å². The number of thioether (sulfide) groups is 1. The first-order chi connectivity index (χ1) is 13.2. The highest BCUT2D eigenvalue weighted by molar-refractivity contribution is 7.99. The van der Waals surface area contributed by atoms with Gasteiger partial charge < -0.3 is 9.88 Å². The van der Waals surface area contributed by atoms with Gasteiger partial charge in [0.1, 0.15) is 12.0 Å². The van der Waals surface area contributed by atoms with Gasteiger partial charge in [0.2, 0.25) is 5.82 Å². The molecule has 1 N–H and O–H groups in total. The summed E-state index contributed by atoms with van der Waals surface area (Å²) in [6.07, 6.45) is -2.22. The first-order valence-corrected chi connectivity index (χ1v) is 8.94. The van der Waals surface area contributed by atoms with Crippen LogP contribution in [0.3, 0.4) is 0 Å². The van der Waals surface area contributed by atoms with Gasteiger partial charge in [0.15, 0.2) is 5.16 Å². The number of alkyl halides is 3. The number of amides is 1. The monoisotopic (exact) mass is 408 g/mol. The van der Waals surface area contributed by atoms with E-state index < -0.39 is 17.9 Å². The summed E-state index contributed by atoms with van der Waals surface area (Å²) >= 11 is 1.49. The zero-order valence-electron chi connectivity index (χ0n) is 14.8. The van der Waals surface area contributed by atoms with Gasteiger partial charge in [0.05, 0.1) is 0 Å². The molecule has 0 aliphatic heterocycles. The molecule has 0 spiro atoms. The second-order valence-corrected chi connectivity index (χ2v) is 7.14. The van der Waals surface area contributed by atoms with Gasteiger partial charge in [0.25, 0.3) is 5.91 Å². The summed E-state index contributed by atoms with van der Waals surface area (Å²) in [5.74, 6) is -2.11. The van der Waals surface area contributed by atoms with E-state index in [2.05, 4.69) is 25.5 Å². The molecule has 28 heavy (non-hydrogen) atoms. The highest BCUT2D eigenvalue weighted by Crippen LogP contribution is 2.34. The van der Waals surface area contributed by atoms with Crippen molar-refractivity contribution < 1.29 is 18.0 Å². The van der Waals surface area contributed by atoms with E-state index in [4.69, 9.17) is 0 Å². The summed E-state index contributed by atoms with van der Waals surface area (Å²) in [6.45, 7) is 1.97. The normalized spacial score (nSPS) is 12.6. The SMILES string of the molecule is C[C@H](Sc1nncn1C)c1cccc(NC(=O)c2ccnc(C(F)(F)F)n2)c1. The highest BCUT2D eigenvalue weighted by Gasteiger charge is 2.35. The van der Waals surface area contributed by atoms with Gasteiger partial charge in [-0.05, 0) is 30.7 Å². The fourth-order valence-corrected chi connectivity index (χ4v) is 3.20. The average molecular weight is 408 g/mol. The minimum atomic E-state index is -4.72. The predicted octanol–water partition coefficient (Wildman–Crippen LogP) is 3.73. The summed E-state index contributed by atoms with van der Waals surface area (Å²) in [6, 6.07) is 8.15. The molecule has 0 saturated heterocycles. The van der Waals surface area contributed by atoms with Crippen molar-refractivity contribution in [2.45, 2.75) is 23.5 Å². The van der Waals surface area contributed by atoms with Crippen LogP contribution in [0.1, 0.15) is 34.0 Å². The zero-order valence-corrected chi connectivity index (χ0v) is 15.6. The molecule has 0 saturated carbocycles. The molecule has 0 bridgehead atoms. The number of benzene rings is 1. The summed E-state index contributed by atoms with van der Waals surface area (Å²) in [7, 11) is 1.84. The molecule has 1 aromatic carbocycles. The number of anilines is 1. The molecule has 0 radical (unpaired) electrons. The molecule has 2 aromatic heterocycles. The molecule has 0 unspecified atom stereocenters. The molecular formula is C17H15F3N6OS. The number of carbonyl (C=O) groups excluding carboxylic acids is 1. The molecule has 11 heteroatoms. The molecule has 2 heterocycles. The highest BCUT2D eigenvalue weighted by atomic mass is 32.2. The van der Waals surface area contributed by atoms with E-state index in [1.807, 2.05) is 20.0 Å². The number of aromatic nitrogens is 5. The average Bonchev–Trinajstić information content (AvgIpc) is 3.06. The molecule has 1 atom stereocenters. The van der Waals surface area contributed by atoms with Gasteiger partial charge in [-0.1, -0.05) is 23.9 Å². The second kappa shape index (κ2) is 7.97. The topological polar surface area (TPSA) is 85.6 Å². The number of rotatable bonds is 5. The maximum absolute atomic E-state index is 12.7. The van der Waals surface area contributed by atoms with Crippen molar-refractivity contribution >= 4 is 23.4 Å². The van der Waals surface area contributed by atoms with E-state index in [0.717, 1.165) is 23.0 Å². The van der Waals surface area contributed by atoms with Crippen LogP contribution in [0.2, 0.25) is 0 Å². The lowest BCUT2D eigenvalue weighted by molar-refractivity contribution is -0.145. The lowest BCUT2D eigenvalue weighted by Crippen LogP contribution is -2.18. The third-order valence-corrected chi connectivity index (χ3v) is 4.91. The summed E-state index contributed by atoms with van der Waals surface area (Å²) in [4.78, 5) is 18.7. The molecule has 7 nitrogen and oxygen atoms in total.